The second kappa shape index (κ2) is 6.13. The van der Waals surface area contributed by atoms with Gasteiger partial charge in [0.15, 0.2) is 4.93 Å². The molecule has 4 rings (SSSR count). The summed E-state index contributed by atoms with van der Waals surface area (Å²) < 4.78 is 6.27. The van der Waals surface area contributed by atoms with Gasteiger partial charge in [0, 0.05) is 17.7 Å². The quantitative estimate of drug-likeness (QED) is 0.532. The molecule has 0 amide bonds. The van der Waals surface area contributed by atoms with E-state index in [4.69, 9.17) is 4.74 Å². The molecule has 2 heteroatoms. The van der Waals surface area contributed by atoms with Crippen LogP contribution < -0.4 is 4.74 Å². The molecular weight excluding hydrogens is 300 g/mol. The van der Waals surface area contributed by atoms with Gasteiger partial charge < -0.3 is 4.74 Å². The smallest absolute Gasteiger partial charge is 0.159 e. The molecule has 0 radical (unpaired) electrons. The van der Waals surface area contributed by atoms with Crippen LogP contribution in [0, 0.1) is 0 Å². The molecule has 0 atom stereocenters. The molecule has 3 aromatic carbocycles. The number of ether oxygens (including phenoxy) is 1. The predicted octanol–water partition coefficient (Wildman–Crippen LogP) is 6.01. The minimum absolute atomic E-state index is 0.0738. The summed E-state index contributed by atoms with van der Waals surface area (Å²) in [5.41, 5.74) is 2.46. The molecule has 0 bridgehead atoms. The van der Waals surface area contributed by atoms with Crippen molar-refractivity contribution in [3.05, 3.63) is 84.9 Å². The van der Waals surface area contributed by atoms with Crippen LogP contribution in [0.1, 0.15) is 12.8 Å². The summed E-state index contributed by atoms with van der Waals surface area (Å²) >= 11 is 1.83. The summed E-state index contributed by atoms with van der Waals surface area (Å²) in [4.78, 5) is 1.20. The Labute approximate surface area is 141 Å². The lowest BCUT2D eigenvalue weighted by molar-refractivity contribution is 0.271. The Morgan fingerprint density at radius 3 is 1.83 bits per heavy atom. The maximum atomic E-state index is 6.27. The van der Waals surface area contributed by atoms with Gasteiger partial charge in [0.1, 0.15) is 5.75 Å². The molecule has 0 N–H and O–H groups in total. The first-order valence-corrected chi connectivity index (χ1v) is 8.73. The van der Waals surface area contributed by atoms with Gasteiger partial charge in [-0.05, 0) is 35.4 Å². The Hall–Kier alpha value is -2.19. The van der Waals surface area contributed by atoms with E-state index in [1.54, 1.807) is 0 Å². The maximum Gasteiger partial charge on any atom is 0.159 e. The molecular formula is C21H18OS. The summed E-state index contributed by atoms with van der Waals surface area (Å²) in [5, 5.41) is 0. The van der Waals surface area contributed by atoms with Crippen LogP contribution in [0.2, 0.25) is 0 Å². The zero-order chi connectivity index (χ0) is 15.5. The molecule has 3 aromatic rings. The highest BCUT2D eigenvalue weighted by molar-refractivity contribution is 8.00. The summed E-state index contributed by atoms with van der Waals surface area (Å²) in [7, 11) is 0. The molecule has 0 saturated heterocycles. The van der Waals surface area contributed by atoms with Crippen molar-refractivity contribution in [1.29, 1.82) is 0 Å². The summed E-state index contributed by atoms with van der Waals surface area (Å²) in [6, 6.07) is 29.3. The topological polar surface area (TPSA) is 9.23 Å². The van der Waals surface area contributed by atoms with Crippen molar-refractivity contribution in [2.45, 2.75) is 22.7 Å². The normalized spacial score (nSPS) is 15.1. The SMILES string of the molecule is c1ccc(SC2(Oc3ccc(-c4ccccc4)cc3)CC2)cc1. The first kappa shape index (κ1) is 14.4. The first-order chi connectivity index (χ1) is 11.3. The van der Waals surface area contributed by atoms with Crippen LogP contribution >= 0.6 is 11.8 Å². The highest BCUT2D eigenvalue weighted by atomic mass is 32.2. The average Bonchev–Trinajstić information content (AvgIpc) is 3.36. The molecule has 0 aliphatic heterocycles. The molecule has 0 unspecified atom stereocenters. The molecule has 1 nitrogen and oxygen atoms in total. The number of thioether (sulfide) groups is 1. The number of rotatable bonds is 5. The molecule has 23 heavy (non-hydrogen) atoms. The molecule has 0 spiro atoms. The van der Waals surface area contributed by atoms with Crippen molar-refractivity contribution in [2.75, 3.05) is 0 Å². The Morgan fingerprint density at radius 2 is 1.22 bits per heavy atom. The lowest BCUT2D eigenvalue weighted by atomic mass is 10.1. The fraction of sp³-hybridized carbons (Fsp3) is 0.143. The number of hydrogen-bond donors (Lipinski definition) is 0. The van der Waals surface area contributed by atoms with E-state index in [9.17, 15) is 0 Å². The van der Waals surface area contributed by atoms with E-state index in [0.29, 0.717) is 0 Å². The van der Waals surface area contributed by atoms with Gasteiger partial charge in [-0.2, -0.15) is 0 Å². The standard InChI is InChI=1S/C21H18OS/c1-3-7-17(8-4-1)18-11-13-19(14-12-18)22-21(15-16-21)23-20-9-5-2-6-10-20/h1-14H,15-16H2. The van der Waals surface area contributed by atoms with Gasteiger partial charge >= 0.3 is 0 Å². The van der Waals surface area contributed by atoms with Crippen molar-refractivity contribution in [1.82, 2.24) is 0 Å². The van der Waals surface area contributed by atoms with E-state index < -0.39 is 0 Å². The van der Waals surface area contributed by atoms with Crippen molar-refractivity contribution >= 4 is 11.8 Å². The van der Waals surface area contributed by atoms with Crippen molar-refractivity contribution in [2.24, 2.45) is 0 Å². The highest BCUT2D eigenvalue weighted by Gasteiger charge is 2.46. The second-order valence-electron chi connectivity index (χ2n) is 5.82. The fourth-order valence-corrected chi connectivity index (χ4v) is 3.76. The van der Waals surface area contributed by atoms with Gasteiger partial charge in [-0.25, -0.2) is 0 Å². The lowest BCUT2D eigenvalue weighted by Gasteiger charge is -2.18. The van der Waals surface area contributed by atoms with Crippen LogP contribution in [0.15, 0.2) is 89.8 Å². The zero-order valence-electron chi connectivity index (χ0n) is 12.8. The molecule has 0 heterocycles. The van der Waals surface area contributed by atoms with Crippen molar-refractivity contribution in [3.63, 3.8) is 0 Å². The van der Waals surface area contributed by atoms with Crippen LogP contribution in [0.3, 0.4) is 0 Å². The van der Waals surface area contributed by atoms with Crippen LogP contribution in [0.4, 0.5) is 0 Å². The predicted molar refractivity (Wildman–Crippen MR) is 96.8 cm³/mol. The minimum Gasteiger partial charge on any atom is -0.476 e. The second-order valence-corrected chi connectivity index (χ2v) is 7.24. The molecule has 1 saturated carbocycles. The molecule has 0 aromatic heterocycles. The minimum atomic E-state index is -0.0738. The molecule has 1 aliphatic rings. The van der Waals surface area contributed by atoms with Crippen LogP contribution in [-0.2, 0) is 0 Å². The van der Waals surface area contributed by atoms with Gasteiger partial charge in [0.05, 0.1) is 0 Å². The Kier molecular flexibility index (Phi) is 3.84. The van der Waals surface area contributed by atoms with Crippen molar-refractivity contribution < 1.29 is 4.74 Å². The molecule has 1 fully saturated rings. The number of hydrogen-bond acceptors (Lipinski definition) is 2. The molecule has 1 aliphatic carbocycles. The number of benzene rings is 3. The van der Waals surface area contributed by atoms with Crippen LogP contribution in [-0.4, -0.2) is 4.93 Å². The van der Waals surface area contributed by atoms with Gasteiger partial charge in [0.25, 0.3) is 0 Å². The summed E-state index contributed by atoms with van der Waals surface area (Å²) in [6.07, 6.45) is 2.21. The Balaban J connectivity index is 1.47. The van der Waals surface area contributed by atoms with Crippen molar-refractivity contribution in [3.8, 4) is 16.9 Å². The third-order valence-corrected chi connectivity index (χ3v) is 5.34. The van der Waals surface area contributed by atoms with E-state index >= 15 is 0 Å². The summed E-state index contributed by atoms with van der Waals surface area (Å²) in [6.45, 7) is 0. The Bertz CT molecular complexity index is 762. The van der Waals surface area contributed by atoms with Crippen LogP contribution in [0.25, 0.3) is 11.1 Å². The van der Waals surface area contributed by atoms with E-state index in [1.165, 1.54) is 16.0 Å². The van der Waals surface area contributed by atoms with Gasteiger partial charge in [-0.3, -0.25) is 0 Å². The largest absolute Gasteiger partial charge is 0.476 e. The zero-order valence-corrected chi connectivity index (χ0v) is 13.6. The average molecular weight is 318 g/mol. The molecule has 114 valence electrons. The van der Waals surface area contributed by atoms with Gasteiger partial charge in [0.2, 0.25) is 0 Å². The van der Waals surface area contributed by atoms with E-state index in [1.807, 2.05) is 23.9 Å². The van der Waals surface area contributed by atoms with Crippen LogP contribution in [0.5, 0.6) is 5.75 Å². The fourth-order valence-electron chi connectivity index (χ4n) is 2.59. The Morgan fingerprint density at radius 1 is 0.652 bits per heavy atom. The highest BCUT2D eigenvalue weighted by Crippen LogP contribution is 2.52. The third-order valence-electron chi connectivity index (χ3n) is 3.97. The first-order valence-electron chi connectivity index (χ1n) is 7.92. The van der Waals surface area contributed by atoms with E-state index in [2.05, 4.69) is 72.8 Å². The maximum absolute atomic E-state index is 6.27. The monoisotopic (exact) mass is 318 g/mol. The lowest BCUT2D eigenvalue weighted by Crippen LogP contribution is -2.12. The van der Waals surface area contributed by atoms with E-state index in [0.717, 1.165) is 18.6 Å². The summed E-state index contributed by atoms with van der Waals surface area (Å²) in [5.74, 6) is 0.950. The third kappa shape index (κ3) is 3.43. The van der Waals surface area contributed by atoms with Gasteiger partial charge in [-0.1, -0.05) is 72.4 Å². The van der Waals surface area contributed by atoms with E-state index in [-0.39, 0.29) is 4.93 Å². The van der Waals surface area contributed by atoms with Gasteiger partial charge in [-0.15, -0.1) is 0 Å².